The van der Waals surface area contributed by atoms with Gasteiger partial charge in [-0.15, -0.1) is 0 Å². The number of esters is 1. The number of aryl methyl sites for hydroxylation is 1. The molecule has 6 nitrogen and oxygen atoms in total. The number of methoxy groups -OCH3 is 1. The van der Waals surface area contributed by atoms with E-state index in [0.29, 0.717) is 11.5 Å². The number of carbonyl (C=O) groups is 1. The van der Waals surface area contributed by atoms with Crippen molar-refractivity contribution in [2.45, 2.75) is 57.9 Å². The average Bonchev–Trinajstić information content (AvgIpc) is 3.09. The lowest BCUT2D eigenvalue weighted by Gasteiger charge is -2.29. The maximum Gasteiger partial charge on any atom is 0.337 e. The molecule has 202 valence electrons. The zero-order chi connectivity index (χ0) is 26.1. The lowest BCUT2D eigenvalue weighted by atomic mass is 9.81. The predicted molar refractivity (Wildman–Crippen MR) is 153 cm³/mol. The van der Waals surface area contributed by atoms with Crippen LogP contribution in [-0.4, -0.2) is 68.5 Å². The molecule has 2 fully saturated rings. The quantitative estimate of drug-likeness (QED) is 0.391. The minimum absolute atomic E-state index is 0.269. The molecule has 6 rings (SSSR count). The summed E-state index contributed by atoms with van der Waals surface area (Å²) in [5.74, 6) is 0.290. The first-order valence-electron chi connectivity index (χ1n) is 14.5. The second kappa shape index (κ2) is 11.1. The molecular formula is C32H41N3O3. The van der Waals surface area contributed by atoms with Gasteiger partial charge in [0.2, 0.25) is 0 Å². The van der Waals surface area contributed by atoms with Crippen molar-refractivity contribution in [3.63, 3.8) is 0 Å². The molecule has 0 N–H and O–H groups in total. The summed E-state index contributed by atoms with van der Waals surface area (Å²) in [6.45, 7) is 9.95. The second-order valence-electron chi connectivity index (χ2n) is 11.3. The Kier molecular flexibility index (Phi) is 7.44. The summed E-state index contributed by atoms with van der Waals surface area (Å²) in [6.07, 6.45) is 7.52. The molecular weight excluding hydrogens is 474 g/mol. The van der Waals surface area contributed by atoms with Crippen molar-refractivity contribution in [2.75, 3.05) is 57.9 Å². The molecule has 6 heteroatoms. The maximum atomic E-state index is 12.5. The number of hydrogen-bond donors (Lipinski definition) is 0. The smallest absolute Gasteiger partial charge is 0.337 e. The Morgan fingerprint density at radius 1 is 0.947 bits per heavy atom. The molecule has 1 saturated carbocycles. The fraction of sp³-hybridized carbons (Fsp3) is 0.531. The van der Waals surface area contributed by atoms with E-state index in [1.165, 1.54) is 78.2 Å². The van der Waals surface area contributed by atoms with Crippen LogP contribution < -0.4 is 4.90 Å². The van der Waals surface area contributed by atoms with Gasteiger partial charge in [-0.3, -0.25) is 4.90 Å². The highest BCUT2D eigenvalue weighted by molar-refractivity contribution is 6.00. The van der Waals surface area contributed by atoms with Gasteiger partial charge in [0.05, 0.1) is 25.0 Å². The van der Waals surface area contributed by atoms with E-state index in [9.17, 15) is 4.79 Å². The molecule has 0 atom stereocenters. The molecule has 3 heterocycles. The number of nitrogens with zero attached hydrogens (tertiary/aromatic N) is 3. The maximum absolute atomic E-state index is 12.5. The Bertz CT molecular complexity index is 1300. The number of fused-ring (bicyclic) bond motifs is 5. The minimum atomic E-state index is -0.269. The van der Waals surface area contributed by atoms with Gasteiger partial charge in [-0.2, -0.15) is 0 Å². The fourth-order valence-corrected chi connectivity index (χ4v) is 6.91. The first-order chi connectivity index (χ1) is 18.6. The molecule has 0 unspecified atom stereocenters. The van der Waals surface area contributed by atoms with Crippen molar-refractivity contribution >= 4 is 22.6 Å². The number of anilines is 1. The van der Waals surface area contributed by atoms with E-state index in [0.717, 1.165) is 58.9 Å². The molecule has 38 heavy (non-hydrogen) atoms. The summed E-state index contributed by atoms with van der Waals surface area (Å²) < 4.78 is 13.3. The van der Waals surface area contributed by atoms with Crippen molar-refractivity contribution < 1.29 is 14.3 Å². The highest BCUT2D eigenvalue weighted by atomic mass is 16.5. The zero-order valence-corrected chi connectivity index (χ0v) is 23.0. The Hall–Kier alpha value is -2.83. The molecule has 0 bridgehead atoms. The number of carbonyl (C=O) groups excluding carboxylic acids is 1. The minimum Gasteiger partial charge on any atom is -0.465 e. The van der Waals surface area contributed by atoms with Crippen LogP contribution in [-0.2, 0) is 16.0 Å². The molecule has 3 aliphatic rings. The van der Waals surface area contributed by atoms with Gasteiger partial charge in [0.1, 0.15) is 0 Å². The first kappa shape index (κ1) is 25.4. The van der Waals surface area contributed by atoms with Crippen molar-refractivity contribution in [2.24, 2.45) is 0 Å². The van der Waals surface area contributed by atoms with E-state index in [-0.39, 0.29) is 5.97 Å². The third-order valence-electron chi connectivity index (χ3n) is 8.88. The van der Waals surface area contributed by atoms with Crippen molar-refractivity contribution in [1.29, 1.82) is 0 Å². The van der Waals surface area contributed by atoms with Gasteiger partial charge >= 0.3 is 5.97 Å². The average molecular weight is 516 g/mol. The predicted octanol–water partition coefficient (Wildman–Crippen LogP) is 5.99. The topological polar surface area (TPSA) is 46.9 Å². The van der Waals surface area contributed by atoms with Crippen molar-refractivity contribution in [3.05, 3.63) is 53.1 Å². The number of benzene rings is 2. The largest absolute Gasteiger partial charge is 0.465 e. The molecule has 3 aromatic rings. The number of aromatic nitrogens is 1. The van der Waals surface area contributed by atoms with Crippen LogP contribution in [0.3, 0.4) is 0 Å². The number of hydrogen-bond acceptors (Lipinski definition) is 5. The van der Waals surface area contributed by atoms with Crippen LogP contribution in [0.2, 0.25) is 0 Å². The van der Waals surface area contributed by atoms with Crippen LogP contribution in [0.1, 0.15) is 65.9 Å². The Balaban J connectivity index is 1.46. The first-order valence-corrected chi connectivity index (χ1v) is 14.5. The molecule has 0 spiro atoms. The van der Waals surface area contributed by atoms with E-state index in [1.807, 2.05) is 6.07 Å². The molecule has 1 saturated heterocycles. The van der Waals surface area contributed by atoms with Crippen molar-refractivity contribution in [1.82, 2.24) is 9.47 Å². The molecule has 1 aromatic heterocycles. The van der Waals surface area contributed by atoms with Gasteiger partial charge in [0.15, 0.2) is 0 Å². The summed E-state index contributed by atoms with van der Waals surface area (Å²) in [7, 11) is 1.46. The normalized spacial score (nSPS) is 19.1. The third kappa shape index (κ3) is 4.85. The second-order valence-corrected chi connectivity index (χ2v) is 11.3. The summed E-state index contributed by atoms with van der Waals surface area (Å²) >= 11 is 0. The summed E-state index contributed by atoms with van der Waals surface area (Å²) in [5, 5.41) is 1.31. The highest BCUT2D eigenvalue weighted by Crippen LogP contribution is 2.47. The molecule has 0 radical (unpaired) electrons. The van der Waals surface area contributed by atoms with Crippen LogP contribution in [0.25, 0.3) is 22.2 Å². The summed E-state index contributed by atoms with van der Waals surface area (Å²) in [4.78, 5) is 17.6. The van der Waals surface area contributed by atoms with E-state index in [1.54, 1.807) is 0 Å². The zero-order valence-electron chi connectivity index (χ0n) is 23.0. The Labute approximate surface area is 226 Å². The highest BCUT2D eigenvalue weighted by Gasteiger charge is 2.31. The van der Waals surface area contributed by atoms with Gasteiger partial charge in [-0.1, -0.05) is 37.5 Å². The van der Waals surface area contributed by atoms with Crippen LogP contribution in [0.5, 0.6) is 0 Å². The SMILES string of the molecule is COC(=O)c1ccc2c(C3CCCCC3)c3n(c2c1)CCN(CCN1CCCOCC1)c1cc(C)ccc1-3. The summed E-state index contributed by atoms with van der Waals surface area (Å²) in [6, 6.07) is 13.2. The fourth-order valence-electron chi connectivity index (χ4n) is 6.91. The van der Waals surface area contributed by atoms with E-state index in [4.69, 9.17) is 9.47 Å². The van der Waals surface area contributed by atoms with Crippen LogP contribution >= 0.6 is 0 Å². The summed E-state index contributed by atoms with van der Waals surface area (Å²) in [5.41, 5.74) is 8.65. The third-order valence-corrected chi connectivity index (χ3v) is 8.88. The van der Waals surface area contributed by atoms with Crippen molar-refractivity contribution in [3.8, 4) is 11.3 Å². The van der Waals surface area contributed by atoms with E-state index < -0.39 is 0 Å². The number of ether oxygens (including phenoxy) is 2. The van der Waals surface area contributed by atoms with E-state index in [2.05, 4.69) is 51.6 Å². The molecule has 1 aliphatic carbocycles. The Morgan fingerprint density at radius 2 is 1.82 bits per heavy atom. The Morgan fingerprint density at radius 3 is 2.66 bits per heavy atom. The number of rotatable bonds is 5. The van der Waals surface area contributed by atoms with Gasteiger partial charge in [-0.25, -0.2) is 4.79 Å². The lowest BCUT2D eigenvalue weighted by molar-refractivity contribution is 0.0601. The van der Waals surface area contributed by atoms with Gasteiger partial charge in [0, 0.05) is 68.0 Å². The van der Waals surface area contributed by atoms with E-state index >= 15 is 0 Å². The molecule has 0 amide bonds. The van der Waals surface area contributed by atoms with Crippen LogP contribution in [0.15, 0.2) is 36.4 Å². The van der Waals surface area contributed by atoms with Crippen LogP contribution in [0, 0.1) is 6.92 Å². The van der Waals surface area contributed by atoms with Crippen LogP contribution in [0.4, 0.5) is 5.69 Å². The molecule has 2 aliphatic heterocycles. The van der Waals surface area contributed by atoms with Gasteiger partial charge in [0.25, 0.3) is 0 Å². The monoisotopic (exact) mass is 515 g/mol. The standard InChI is InChI=1S/C32H41N3O3/c1-23-9-11-27-28(21-23)34(15-14-33-13-6-19-38-20-18-33)16-17-35-29-22-25(32(36)37-2)10-12-26(29)30(31(27)35)24-7-4-3-5-8-24/h9-12,21-22,24H,3-8,13-20H2,1-2H3. The lowest BCUT2D eigenvalue weighted by Crippen LogP contribution is -2.37. The van der Waals surface area contributed by atoms with Gasteiger partial charge in [-0.05, 0) is 61.4 Å². The van der Waals surface area contributed by atoms with Gasteiger partial charge < -0.3 is 18.9 Å². The molecule has 2 aromatic carbocycles.